The molecular weight excluding hydrogens is 408 g/mol. The highest BCUT2D eigenvalue weighted by Gasteiger charge is 2.46. The molecule has 0 radical (unpaired) electrons. The Hall–Kier alpha value is -2.17. The van der Waals surface area contributed by atoms with E-state index in [1.54, 1.807) is 31.2 Å². The Morgan fingerprint density at radius 2 is 1.77 bits per heavy atom. The fraction of sp³-hybridized carbons (Fsp3) is 0.600. The maximum absolute atomic E-state index is 13.1. The number of para-hydroxylation sites is 1. The van der Waals surface area contributed by atoms with Gasteiger partial charge in [-0.3, -0.25) is 9.59 Å². The molecule has 2 fully saturated rings. The van der Waals surface area contributed by atoms with E-state index in [1.807, 2.05) is 6.07 Å². The lowest BCUT2D eigenvalue weighted by atomic mass is 9.92. The standard InChI is InChI=1S/C20H30N4O5S/c1-14(29-17-6-4-3-5-7-17)20(26)23-12-13-24(30(2,27)28)19(23)18(25)22-16-10-8-15(21)9-11-16/h3-7,14-16,19H,8-13,21H2,1-2H3,(H,22,25). The summed E-state index contributed by atoms with van der Waals surface area (Å²) in [5, 5.41) is 2.92. The molecule has 10 heteroatoms. The van der Waals surface area contributed by atoms with Gasteiger partial charge < -0.3 is 20.7 Å². The summed E-state index contributed by atoms with van der Waals surface area (Å²) in [5.41, 5.74) is 5.92. The first-order valence-corrected chi connectivity index (χ1v) is 12.1. The van der Waals surface area contributed by atoms with Crippen molar-refractivity contribution in [3.05, 3.63) is 30.3 Å². The number of nitrogens with one attached hydrogen (secondary N) is 1. The first kappa shape index (κ1) is 22.5. The van der Waals surface area contributed by atoms with E-state index in [4.69, 9.17) is 10.5 Å². The van der Waals surface area contributed by atoms with E-state index >= 15 is 0 Å². The van der Waals surface area contributed by atoms with Crippen molar-refractivity contribution in [3.63, 3.8) is 0 Å². The molecule has 0 bridgehead atoms. The Labute approximate surface area is 177 Å². The molecule has 3 rings (SSSR count). The van der Waals surface area contributed by atoms with Crippen molar-refractivity contribution in [2.24, 2.45) is 5.73 Å². The molecule has 2 atom stereocenters. The van der Waals surface area contributed by atoms with Crippen LogP contribution in [0, 0.1) is 0 Å². The van der Waals surface area contributed by atoms with Gasteiger partial charge in [-0.05, 0) is 44.7 Å². The second-order valence-electron chi connectivity index (χ2n) is 7.97. The number of benzene rings is 1. The first-order valence-electron chi connectivity index (χ1n) is 10.2. The van der Waals surface area contributed by atoms with Crippen molar-refractivity contribution >= 4 is 21.8 Å². The molecule has 2 unspecified atom stereocenters. The van der Waals surface area contributed by atoms with Gasteiger partial charge in [-0.15, -0.1) is 0 Å². The number of rotatable bonds is 6. The minimum absolute atomic E-state index is 0.0657. The smallest absolute Gasteiger partial charge is 0.265 e. The van der Waals surface area contributed by atoms with Crippen LogP contribution >= 0.6 is 0 Å². The first-order chi connectivity index (χ1) is 14.2. The van der Waals surface area contributed by atoms with Gasteiger partial charge in [0.15, 0.2) is 12.3 Å². The number of hydrogen-bond acceptors (Lipinski definition) is 6. The fourth-order valence-corrected chi connectivity index (χ4v) is 4.97. The molecule has 2 aliphatic rings. The van der Waals surface area contributed by atoms with Gasteiger partial charge in [-0.1, -0.05) is 18.2 Å². The third kappa shape index (κ3) is 5.30. The number of ether oxygens (including phenoxy) is 1. The molecule has 0 aromatic heterocycles. The van der Waals surface area contributed by atoms with Crippen molar-refractivity contribution in [1.82, 2.24) is 14.5 Å². The molecule has 30 heavy (non-hydrogen) atoms. The third-order valence-electron chi connectivity index (χ3n) is 5.59. The summed E-state index contributed by atoms with van der Waals surface area (Å²) >= 11 is 0. The average molecular weight is 439 g/mol. The van der Waals surface area contributed by atoms with Crippen molar-refractivity contribution in [3.8, 4) is 5.75 Å². The summed E-state index contributed by atoms with van der Waals surface area (Å²) in [6, 6.07) is 8.94. The monoisotopic (exact) mass is 438 g/mol. The molecule has 2 amide bonds. The Morgan fingerprint density at radius 1 is 1.13 bits per heavy atom. The van der Waals surface area contributed by atoms with E-state index in [9.17, 15) is 18.0 Å². The van der Waals surface area contributed by atoms with Crippen LogP contribution in [0.5, 0.6) is 5.75 Å². The molecule has 1 saturated heterocycles. The SMILES string of the molecule is CC(Oc1ccccc1)C(=O)N1CCN(S(C)(=O)=O)C1C(=O)NC1CCC(N)CC1. The number of nitrogens with zero attached hydrogens (tertiary/aromatic N) is 2. The second-order valence-corrected chi connectivity index (χ2v) is 9.91. The van der Waals surface area contributed by atoms with Crippen LogP contribution in [-0.4, -0.2) is 73.1 Å². The number of sulfonamides is 1. The van der Waals surface area contributed by atoms with Crippen LogP contribution < -0.4 is 15.8 Å². The van der Waals surface area contributed by atoms with Gasteiger partial charge in [-0.25, -0.2) is 8.42 Å². The molecule has 1 aromatic rings. The van der Waals surface area contributed by atoms with E-state index in [-0.39, 0.29) is 25.2 Å². The summed E-state index contributed by atoms with van der Waals surface area (Å²) in [7, 11) is -3.68. The van der Waals surface area contributed by atoms with Gasteiger partial charge in [0.1, 0.15) is 5.75 Å². The zero-order chi connectivity index (χ0) is 21.9. The van der Waals surface area contributed by atoms with Gasteiger partial charge >= 0.3 is 0 Å². The number of nitrogens with two attached hydrogens (primary N) is 1. The van der Waals surface area contributed by atoms with Crippen LogP contribution in [0.4, 0.5) is 0 Å². The summed E-state index contributed by atoms with van der Waals surface area (Å²) < 4.78 is 31.3. The molecular formula is C20H30N4O5S. The summed E-state index contributed by atoms with van der Waals surface area (Å²) in [6.07, 6.45) is 2.04. The quantitative estimate of drug-likeness (QED) is 0.657. The average Bonchev–Trinajstić information content (AvgIpc) is 3.15. The maximum atomic E-state index is 13.1. The Balaban J connectivity index is 1.74. The molecule has 3 N–H and O–H groups in total. The maximum Gasteiger partial charge on any atom is 0.265 e. The molecule has 1 aliphatic carbocycles. The highest BCUT2D eigenvalue weighted by atomic mass is 32.2. The van der Waals surface area contributed by atoms with Crippen LogP contribution in [0.1, 0.15) is 32.6 Å². The lowest BCUT2D eigenvalue weighted by Crippen LogP contribution is -2.57. The Kier molecular flexibility index (Phi) is 6.99. The van der Waals surface area contributed by atoms with Crippen LogP contribution in [0.25, 0.3) is 0 Å². The summed E-state index contributed by atoms with van der Waals surface area (Å²) in [5.74, 6) is -0.397. The normalized spacial score (nSPS) is 26.2. The van der Waals surface area contributed by atoms with E-state index in [0.29, 0.717) is 5.75 Å². The van der Waals surface area contributed by atoms with Gasteiger partial charge in [0.05, 0.1) is 6.26 Å². The van der Waals surface area contributed by atoms with Gasteiger partial charge in [0.2, 0.25) is 10.0 Å². The molecule has 1 saturated carbocycles. The van der Waals surface area contributed by atoms with E-state index in [0.717, 1.165) is 36.2 Å². The predicted molar refractivity (Wildman–Crippen MR) is 112 cm³/mol. The molecule has 166 valence electrons. The largest absolute Gasteiger partial charge is 0.481 e. The molecule has 1 heterocycles. The van der Waals surface area contributed by atoms with Crippen molar-refractivity contribution < 1.29 is 22.7 Å². The van der Waals surface area contributed by atoms with Gasteiger partial charge in [-0.2, -0.15) is 4.31 Å². The number of hydrogen-bond donors (Lipinski definition) is 2. The van der Waals surface area contributed by atoms with Crippen LogP contribution in [0.3, 0.4) is 0 Å². The highest BCUT2D eigenvalue weighted by Crippen LogP contribution is 2.23. The highest BCUT2D eigenvalue weighted by molar-refractivity contribution is 7.88. The number of carbonyl (C=O) groups is 2. The lowest BCUT2D eigenvalue weighted by Gasteiger charge is -2.32. The van der Waals surface area contributed by atoms with E-state index in [2.05, 4.69) is 5.32 Å². The van der Waals surface area contributed by atoms with Crippen LogP contribution in [0.2, 0.25) is 0 Å². The molecule has 9 nitrogen and oxygen atoms in total. The summed E-state index contributed by atoms with van der Waals surface area (Å²) in [4.78, 5) is 27.4. The lowest BCUT2D eigenvalue weighted by molar-refractivity contribution is -0.145. The van der Waals surface area contributed by atoms with Crippen molar-refractivity contribution in [2.75, 3.05) is 19.3 Å². The fourth-order valence-electron chi connectivity index (χ4n) is 3.98. The predicted octanol–water partition coefficient (Wildman–Crippen LogP) is 0.270. The van der Waals surface area contributed by atoms with Gasteiger partial charge in [0, 0.05) is 25.2 Å². The zero-order valence-corrected chi connectivity index (χ0v) is 18.2. The molecule has 1 aliphatic heterocycles. The Morgan fingerprint density at radius 3 is 2.37 bits per heavy atom. The molecule has 1 aromatic carbocycles. The van der Waals surface area contributed by atoms with E-state index in [1.165, 1.54) is 4.90 Å². The van der Waals surface area contributed by atoms with Crippen molar-refractivity contribution in [2.45, 2.75) is 57.0 Å². The van der Waals surface area contributed by atoms with E-state index < -0.39 is 34.1 Å². The minimum Gasteiger partial charge on any atom is -0.481 e. The molecule has 0 spiro atoms. The minimum atomic E-state index is -3.68. The topological polar surface area (TPSA) is 122 Å². The van der Waals surface area contributed by atoms with Crippen LogP contribution in [-0.2, 0) is 19.6 Å². The summed E-state index contributed by atoms with van der Waals surface area (Å²) in [6.45, 7) is 1.79. The van der Waals surface area contributed by atoms with Crippen LogP contribution in [0.15, 0.2) is 30.3 Å². The third-order valence-corrected chi connectivity index (χ3v) is 6.83. The Bertz CT molecular complexity index is 855. The van der Waals surface area contributed by atoms with Gasteiger partial charge in [0.25, 0.3) is 11.8 Å². The zero-order valence-electron chi connectivity index (χ0n) is 17.4. The van der Waals surface area contributed by atoms with Crippen molar-refractivity contribution in [1.29, 1.82) is 0 Å². The second kappa shape index (κ2) is 9.32. The number of carbonyl (C=O) groups excluding carboxylic acids is 2. The number of amides is 2.